The smallest absolute Gasteiger partial charge is 0.0619 e. The summed E-state index contributed by atoms with van der Waals surface area (Å²) >= 11 is 0. The van der Waals surface area contributed by atoms with Crippen molar-refractivity contribution in [3.63, 3.8) is 0 Å². The Morgan fingerprint density at radius 3 is 1.38 bits per heavy atom. The van der Waals surface area contributed by atoms with Crippen LogP contribution in [0.15, 0.2) is 224 Å². The number of hydrogen-bond donors (Lipinski definition) is 0. The number of benzene rings is 12. The van der Waals surface area contributed by atoms with E-state index in [2.05, 4.69) is 229 Å². The van der Waals surface area contributed by atoms with E-state index in [-0.39, 0.29) is 0 Å². The number of para-hydroxylation sites is 3. The van der Waals surface area contributed by atoms with Crippen molar-refractivity contribution in [3.8, 4) is 39.1 Å². The average molecular weight is 772 g/mol. The van der Waals surface area contributed by atoms with Crippen molar-refractivity contribution in [2.75, 3.05) is 0 Å². The summed E-state index contributed by atoms with van der Waals surface area (Å²) in [7, 11) is 0. The maximum Gasteiger partial charge on any atom is 0.0619 e. The third-order valence-corrected chi connectivity index (χ3v) is 13.1. The second-order valence-electron chi connectivity index (χ2n) is 16.3. The van der Waals surface area contributed by atoms with Gasteiger partial charge in [-0.25, -0.2) is 0 Å². The number of fused-ring (bicyclic) bond motifs is 15. The number of rotatable bonds is 4. The van der Waals surface area contributed by atoms with Crippen molar-refractivity contribution in [1.82, 2.24) is 4.57 Å². The third-order valence-electron chi connectivity index (χ3n) is 13.1. The van der Waals surface area contributed by atoms with Crippen molar-refractivity contribution in [3.05, 3.63) is 224 Å². The van der Waals surface area contributed by atoms with Crippen molar-refractivity contribution in [1.29, 1.82) is 0 Å². The molecule has 0 amide bonds. The van der Waals surface area contributed by atoms with E-state index < -0.39 is 0 Å². The highest BCUT2D eigenvalue weighted by Crippen LogP contribution is 2.47. The molecule has 282 valence electrons. The number of nitrogens with zero attached hydrogens (tertiary/aromatic N) is 1. The summed E-state index contributed by atoms with van der Waals surface area (Å²) < 4.78 is 2.44. The monoisotopic (exact) mass is 771 g/mol. The molecule has 0 spiro atoms. The molecule has 13 aromatic rings. The zero-order valence-corrected chi connectivity index (χ0v) is 33.3. The van der Waals surface area contributed by atoms with Gasteiger partial charge in [-0.3, -0.25) is 0 Å². The van der Waals surface area contributed by atoms with Crippen molar-refractivity contribution < 1.29 is 0 Å². The van der Waals surface area contributed by atoms with E-state index in [1.807, 2.05) is 0 Å². The van der Waals surface area contributed by atoms with Gasteiger partial charge in [0.2, 0.25) is 0 Å². The molecule has 0 aliphatic rings. The van der Waals surface area contributed by atoms with Crippen LogP contribution in [0.5, 0.6) is 0 Å². The van der Waals surface area contributed by atoms with Gasteiger partial charge in [0.15, 0.2) is 0 Å². The summed E-state index contributed by atoms with van der Waals surface area (Å²) in [5.74, 6) is 0. The summed E-state index contributed by atoms with van der Waals surface area (Å²) in [5, 5.41) is 17.9. The largest absolute Gasteiger partial charge is 0.309 e. The molecular formula is C60H37N. The van der Waals surface area contributed by atoms with Gasteiger partial charge in [0.1, 0.15) is 0 Å². The Hall–Kier alpha value is -8.00. The molecule has 0 fully saturated rings. The lowest BCUT2D eigenvalue weighted by molar-refractivity contribution is 1.18. The number of aromatic nitrogens is 1. The minimum Gasteiger partial charge on any atom is -0.309 e. The van der Waals surface area contributed by atoms with Crippen molar-refractivity contribution in [2.24, 2.45) is 0 Å². The van der Waals surface area contributed by atoms with Gasteiger partial charge in [0.05, 0.1) is 11.0 Å². The molecule has 0 N–H and O–H groups in total. The lowest BCUT2D eigenvalue weighted by Crippen LogP contribution is -1.95. The summed E-state index contributed by atoms with van der Waals surface area (Å²) in [6.07, 6.45) is 0. The lowest BCUT2D eigenvalue weighted by Gasteiger charge is -2.18. The van der Waals surface area contributed by atoms with Crippen LogP contribution in [0.4, 0.5) is 0 Å². The maximum absolute atomic E-state index is 2.45. The lowest BCUT2D eigenvalue weighted by atomic mass is 9.85. The molecule has 0 aliphatic heterocycles. The van der Waals surface area contributed by atoms with Crippen LogP contribution in [0.25, 0.3) is 126 Å². The first kappa shape index (κ1) is 33.9. The molecule has 0 atom stereocenters. The maximum atomic E-state index is 2.45. The average Bonchev–Trinajstić information content (AvgIpc) is 3.68. The molecule has 61 heavy (non-hydrogen) atoms. The first-order chi connectivity index (χ1) is 30.3. The highest BCUT2D eigenvalue weighted by atomic mass is 15.0. The van der Waals surface area contributed by atoms with E-state index >= 15 is 0 Å². The van der Waals surface area contributed by atoms with E-state index in [1.165, 1.54) is 120 Å². The Bertz CT molecular complexity index is 3910. The van der Waals surface area contributed by atoms with E-state index in [4.69, 9.17) is 0 Å². The topological polar surface area (TPSA) is 4.93 Å². The summed E-state index contributed by atoms with van der Waals surface area (Å²) in [4.78, 5) is 0. The molecule has 0 aliphatic carbocycles. The van der Waals surface area contributed by atoms with Gasteiger partial charge < -0.3 is 4.57 Å². The Balaban J connectivity index is 1.06. The van der Waals surface area contributed by atoms with Gasteiger partial charge in [-0.05, 0) is 123 Å². The highest BCUT2D eigenvalue weighted by molar-refractivity contribution is 6.39. The molecule has 1 heteroatoms. The first-order valence-corrected chi connectivity index (χ1v) is 21.2. The zero-order chi connectivity index (χ0) is 40.0. The van der Waals surface area contributed by atoms with Gasteiger partial charge in [-0.15, -0.1) is 0 Å². The van der Waals surface area contributed by atoms with Crippen LogP contribution in [-0.4, -0.2) is 4.57 Å². The van der Waals surface area contributed by atoms with E-state index in [1.54, 1.807) is 0 Å². The zero-order valence-electron chi connectivity index (χ0n) is 33.3. The fraction of sp³-hybridized carbons (Fsp3) is 0. The van der Waals surface area contributed by atoms with E-state index in [0.29, 0.717) is 0 Å². The Kier molecular flexibility index (Phi) is 7.37. The van der Waals surface area contributed by atoms with Crippen molar-refractivity contribution >= 4 is 86.4 Å². The van der Waals surface area contributed by atoms with Gasteiger partial charge in [0, 0.05) is 22.0 Å². The minimum absolute atomic E-state index is 1.16. The van der Waals surface area contributed by atoms with Gasteiger partial charge in [-0.1, -0.05) is 194 Å². The predicted molar refractivity (Wildman–Crippen MR) is 262 cm³/mol. The fourth-order valence-corrected chi connectivity index (χ4v) is 10.5. The van der Waals surface area contributed by atoms with Crippen molar-refractivity contribution in [2.45, 2.75) is 0 Å². The Morgan fingerprint density at radius 1 is 0.230 bits per heavy atom. The molecule has 1 nitrogen and oxygen atoms in total. The van der Waals surface area contributed by atoms with Crippen LogP contribution in [0.2, 0.25) is 0 Å². The molecular weight excluding hydrogens is 735 g/mol. The van der Waals surface area contributed by atoms with Crippen LogP contribution >= 0.6 is 0 Å². The second kappa shape index (κ2) is 13.3. The molecule has 0 saturated heterocycles. The standard InChI is InChI=1S/C60H37N/c1-3-16-38(17-4-1)39-30-32-51-55(36-39)45-22-9-11-25-49(45)59-52-33-31-40(37-56(52)46-23-10-12-26-50(46)58(51)59)42-34-35-47(44-21-8-7-20-43(42)44)53-27-15-28-54-48-24-13-14-29-57(48)61(60(53)54)41-18-5-2-6-19-41/h1-37H. The minimum atomic E-state index is 1.16. The summed E-state index contributed by atoms with van der Waals surface area (Å²) in [6.45, 7) is 0. The molecule has 0 unspecified atom stereocenters. The second-order valence-corrected chi connectivity index (χ2v) is 16.3. The molecule has 0 bridgehead atoms. The van der Waals surface area contributed by atoms with E-state index in [9.17, 15) is 0 Å². The SMILES string of the molecule is c1ccc(-c2ccc3c(c2)c2ccccc2c2c4ccc(-c5ccc(-c6cccc7c8ccccc8n(-c8ccccc8)c67)c6ccccc56)cc4c4ccccc4c32)cc1. The highest BCUT2D eigenvalue weighted by Gasteiger charge is 2.20. The Morgan fingerprint density at radius 2 is 0.705 bits per heavy atom. The van der Waals surface area contributed by atoms with Crippen LogP contribution in [-0.2, 0) is 0 Å². The quantitative estimate of drug-likeness (QED) is 0.157. The van der Waals surface area contributed by atoms with Gasteiger partial charge in [-0.2, -0.15) is 0 Å². The molecule has 13 rings (SSSR count). The van der Waals surface area contributed by atoms with Crippen LogP contribution in [0, 0.1) is 0 Å². The number of hydrogen-bond acceptors (Lipinski definition) is 0. The van der Waals surface area contributed by atoms with Gasteiger partial charge >= 0.3 is 0 Å². The molecule has 0 radical (unpaired) electrons. The van der Waals surface area contributed by atoms with Crippen LogP contribution in [0.3, 0.4) is 0 Å². The van der Waals surface area contributed by atoms with Crippen LogP contribution < -0.4 is 0 Å². The molecule has 1 heterocycles. The first-order valence-electron chi connectivity index (χ1n) is 21.2. The molecule has 0 saturated carbocycles. The fourth-order valence-electron chi connectivity index (χ4n) is 10.5. The van der Waals surface area contributed by atoms with E-state index in [0.717, 1.165) is 5.69 Å². The molecule has 12 aromatic carbocycles. The summed E-state index contributed by atoms with van der Waals surface area (Å²) in [5.41, 5.74) is 11.0. The van der Waals surface area contributed by atoms with Crippen LogP contribution in [0.1, 0.15) is 0 Å². The van der Waals surface area contributed by atoms with Gasteiger partial charge in [0.25, 0.3) is 0 Å². The normalized spacial score (nSPS) is 11.9. The predicted octanol–water partition coefficient (Wildman–Crippen LogP) is 16.7. The third kappa shape index (κ3) is 5.02. The Labute approximate surface area is 353 Å². The summed E-state index contributed by atoms with van der Waals surface area (Å²) in [6, 6.07) is 83.0. The molecule has 1 aromatic heterocycles.